The van der Waals surface area contributed by atoms with Gasteiger partial charge in [0.15, 0.2) is 0 Å². The summed E-state index contributed by atoms with van der Waals surface area (Å²) in [4.78, 5) is 33.8. The van der Waals surface area contributed by atoms with E-state index >= 15 is 0 Å². The molecule has 0 N–H and O–H groups in total. The van der Waals surface area contributed by atoms with Gasteiger partial charge in [0.1, 0.15) is 5.69 Å². The molecule has 3 heterocycles. The lowest BCUT2D eigenvalue weighted by molar-refractivity contribution is -0.136. The van der Waals surface area contributed by atoms with Gasteiger partial charge in [-0.2, -0.15) is 0 Å². The molecular formula is C19H25N3O2. The van der Waals surface area contributed by atoms with Crippen molar-refractivity contribution in [3.05, 3.63) is 30.1 Å². The van der Waals surface area contributed by atoms with Crippen molar-refractivity contribution in [3.63, 3.8) is 0 Å². The molecule has 3 aliphatic rings. The first-order valence-corrected chi connectivity index (χ1v) is 9.03. The molecule has 2 amide bonds. The second kappa shape index (κ2) is 5.57. The van der Waals surface area contributed by atoms with Crippen LogP contribution in [0, 0.1) is 5.41 Å². The fourth-order valence-corrected chi connectivity index (χ4v) is 5.44. The van der Waals surface area contributed by atoms with Gasteiger partial charge in [0.2, 0.25) is 5.91 Å². The zero-order valence-electron chi connectivity index (χ0n) is 14.4. The van der Waals surface area contributed by atoms with Gasteiger partial charge >= 0.3 is 0 Å². The maximum Gasteiger partial charge on any atom is 0.273 e. The average Bonchev–Trinajstić information content (AvgIpc) is 2.69. The lowest BCUT2D eigenvalue weighted by Crippen LogP contribution is -2.55. The Bertz CT molecular complexity index is 662. The molecule has 5 heteroatoms. The smallest absolute Gasteiger partial charge is 0.273 e. The number of likely N-dealkylation sites (tertiary alicyclic amines) is 2. The highest BCUT2D eigenvalue weighted by Gasteiger charge is 2.60. The summed E-state index contributed by atoms with van der Waals surface area (Å²) in [6, 6.07) is 6.09. The van der Waals surface area contributed by atoms with Gasteiger partial charge in [-0.05, 0) is 31.4 Å². The molecule has 0 aromatic carbocycles. The normalized spacial score (nSPS) is 34.8. The van der Waals surface area contributed by atoms with E-state index in [1.165, 1.54) is 0 Å². The number of carbonyl (C=O) groups excluding carboxylic acids is 2. The second-order valence-electron chi connectivity index (χ2n) is 7.78. The van der Waals surface area contributed by atoms with Crippen molar-refractivity contribution in [2.75, 3.05) is 6.54 Å². The van der Waals surface area contributed by atoms with Crippen molar-refractivity contribution < 1.29 is 9.59 Å². The fraction of sp³-hybridized carbons (Fsp3) is 0.632. The van der Waals surface area contributed by atoms with Crippen LogP contribution in [0.5, 0.6) is 0 Å². The molecule has 1 aromatic rings. The van der Waals surface area contributed by atoms with E-state index in [1.54, 1.807) is 19.2 Å². The van der Waals surface area contributed by atoms with Crippen LogP contribution >= 0.6 is 0 Å². The SMILES string of the molecule is CC(=O)N1C[C@@H]2C[C@@]3(C)[C@H](CCCC[C@@H]13)N2C(=O)c1ccccn1. The first-order chi connectivity index (χ1) is 11.5. The van der Waals surface area contributed by atoms with Crippen molar-refractivity contribution >= 4 is 11.8 Å². The predicted molar refractivity (Wildman–Crippen MR) is 90.3 cm³/mol. The molecule has 0 radical (unpaired) electrons. The molecular weight excluding hydrogens is 302 g/mol. The van der Waals surface area contributed by atoms with Crippen molar-refractivity contribution in [3.8, 4) is 0 Å². The molecule has 1 aromatic heterocycles. The van der Waals surface area contributed by atoms with Crippen LogP contribution in [0.2, 0.25) is 0 Å². The van der Waals surface area contributed by atoms with E-state index < -0.39 is 0 Å². The van der Waals surface area contributed by atoms with E-state index in [4.69, 9.17) is 0 Å². The Morgan fingerprint density at radius 3 is 2.62 bits per heavy atom. The number of pyridine rings is 1. The van der Waals surface area contributed by atoms with E-state index in [0.29, 0.717) is 12.2 Å². The molecule has 2 aliphatic heterocycles. The maximum atomic E-state index is 13.2. The van der Waals surface area contributed by atoms with E-state index in [0.717, 1.165) is 32.1 Å². The summed E-state index contributed by atoms with van der Waals surface area (Å²) in [5, 5.41) is 0. The monoisotopic (exact) mass is 327 g/mol. The zero-order valence-corrected chi connectivity index (χ0v) is 14.4. The Kier molecular flexibility index (Phi) is 3.62. The Balaban J connectivity index is 1.75. The van der Waals surface area contributed by atoms with Crippen molar-refractivity contribution in [2.45, 2.75) is 64.1 Å². The summed E-state index contributed by atoms with van der Waals surface area (Å²) in [5.41, 5.74) is 0.527. The number of carbonyl (C=O) groups is 2. The summed E-state index contributed by atoms with van der Waals surface area (Å²) in [6.45, 7) is 4.63. The molecule has 1 saturated carbocycles. The number of amides is 2. The molecule has 3 fully saturated rings. The Hall–Kier alpha value is -1.91. The highest BCUT2D eigenvalue weighted by atomic mass is 16.2. The number of hydrogen-bond donors (Lipinski definition) is 0. The summed E-state index contributed by atoms with van der Waals surface area (Å²) in [5.74, 6) is 0.170. The van der Waals surface area contributed by atoms with Gasteiger partial charge in [0.05, 0.1) is 6.04 Å². The van der Waals surface area contributed by atoms with Crippen molar-refractivity contribution in [2.24, 2.45) is 5.41 Å². The van der Waals surface area contributed by atoms with Gasteiger partial charge in [0, 0.05) is 37.2 Å². The third-order valence-corrected chi connectivity index (χ3v) is 6.44. The highest BCUT2D eigenvalue weighted by molar-refractivity contribution is 5.93. The summed E-state index contributed by atoms with van der Waals surface area (Å²) < 4.78 is 0. The van der Waals surface area contributed by atoms with E-state index in [9.17, 15) is 9.59 Å². The summed E-state index contributed by atoms with van der Waals surface area (Å²) in [6.07, 6.45) is 7.04. The van der Waals surface area contributed by atoms with Crippen LogP contribution in [0.15, 0.2) is 24.4 Å². The first kappa shape index (κ1) is 15.6. The van der Waals surface area contributed by atoms with Crippen LogP contribution in [-0.4, -0.2) is 51.3 Å². The van der Waals surface area contributed by atoms with E-state index in [-0.39, 0.29) is 35.4 Å². The molecule has 4 atom stereocenters. The van der Waals surface area contributed by atoms with Gasteiger partial charge in [-0.3, -0.25) is 14.6 Å². The molecule has 5 nitrogen and oxygen atoms in total. The van der Waals surface area contributed by atoms with Gasteiger partial charge in [-0.15, -0.1) is 0 Å². The van der Waals surface area contributed by atoms with Crippen molar-refractivity contribution in [1.82, 2.24) is 14.8 Å². The Labute approximate surface area is 143 Å². The minimum atomic E-state index is 0.00945. The molecule has 0 spiro atoms. The zero-order chi connectivity index (χ0) is 16.9. The minimum Gasteiger partial charge on any atom is -0.337 e. The minimum absolute atomic E-state index is 0.00945. The number of nitrogens with zero attached hydrogens (tertiary/aromatic N) is 3. The van der Waals surface area contributed by atoms with Gasteiger partial charge in [-0.1, -0.05) is 25.8 Å². The maximum absolute atomic E-state index is 13.2. The number of piperidine rings is 1. The number of fused-ring (bicyclic) bond motifs is 1. The highest BCUT2D eigenvalue weighted by Crippen LogP contribution is 2.53. The fourth-order valence-electron chi connectivity index (χ4n) is 5.44. The molecule has 2 saturated heterocycles. The number of aromatic nitrogens is 1. The standard InChI is InChI=1S/C19H25N3O2/c1-13(23)21-12-14-11-19(2)16(21)8-3-4-9-17(19)22(14)18(24)15-7-5-6-10-20-15/h5-7,10,14,16-17H,3-4,8-9,11-12H2,1-2H3/t14-,16+,17-,19+/m0/s1. The van der Waals surface area contributed by atoms with E-state index in [2.05, 4.69) is 16.8 Å². The van der Waals surface area contributed by atoms with Crippen LogP contribution in [0.25, 0.3) is 0 Å². The Morgan fingerprint density at radius 1 is 1.21 bits per heavy atom. The van der Waals surface area contributed by atoms with Crippen LogP contribution in [0.3, 0.4) is 0 Å². The Morgan fingerprint density at radius 2 is 1.96 bits per heavy atom. The molecule has 4 rings (SSSR count). The number of hydrogen-bond acceptors (Lipinski definition) is 3. The quantitative estimate of drug-likeness (QED) is 0.796. The molecule has 128 valence electrons. The number of rotatable bonds is 1. The predicted octanol–water partition coefficient (Wildman–Crippen LogP) is 2.48. The van der Waals surface area contributed by atoms with Crippen LogP contribution in [0.4, 0.5) is 0 Å². The lowest BCUT2D eigenvalue weighted by atomic mass is 9.71. The van der Waals surface area contributed by atoms with Gasteiger partial charge in [-0.25, -0.2) is 0 Å². The van der Waals surface area contributed by atoms with Crippen LogP contribution in [0.1, 0.15) is 56.4 Å². The average molecular weight is 327 g/mol. The molecule has 0 unspecified atom stereocenters. The van der Waals surface area contributed by atoms with Crippen LogP contribution < -0.4 is 0 Å². The lowest BCUT2D eigenvalue weighted by Gasteiger charge is -2.46. The summed E-state index contributed by atoms with van der Waals surface area (Å²) in [7, 11) is 0. The largest absolute Gasteiger partial charge is 0.337 e. The molecule has 2 bridgehead atoms. The first-order valence-electron chi connectivity index (χ1n) is 9.03. The third kappa shape index (κ3) is 2.17. The second-order valence-corrected chi connectivity index (χ2v) is 7.78. The van der Waals surface area contributed by atoms with Crippen molar-refractivity contribution in [1.29, 1.82) is 0 Å². The molecule has 24 heavy (non-hydrogen) atoms. The topological polar surface area (TPSA) is 53.5 Å². The summed E-state index contributed by atoms with van der Waals surface area (Å²) >= 11 is 0. The van der Waals surface area contributed by atoms with Gasteiger partial charge < -0.3 is 9.80 Å². The third-order valence-electron chi connectivity index (χ3n) is 6.44. The van der Waals surface area contributed by atoms with Crippen LogP contribution in [-0.2, 0) is 4.79 Å². The van der Waals surface area contributed by atoms with E-state index in [1.807, 2.05) is 17.0 Å². The van der Waals surface area contributed by atoms with Gasteiger partial charge in [0.25, 0.3) is 5.91 Å². The molecule has 1 aliphatic carbocycles.